The first-order chi connectivity index (χ1) is 9.24. The van der Waals surface area contributed by atoms with Gasteiger partial charge in [-0.1, -0.05) is 12.1 Å². The topological polar surface area (TPSA) is 55.6 Å². The molecule has 0 bridgehead atoms. The van der Waals surface area contributed by atoms with Crippen LogP contribution in [0.15, 0.2) is 24.3 Å². The van der Waals surface area contributed by atoms with E-state index in [1.807, 2.05) is 29.2 Å². The zero-order valence-electron chi connectivity index (χ0n) is 11.5. The Balaban J connectivity index is 2.01. The molecule has 0 atom stereocenters. The zero-order chi connectivity index (χ0) is 13.7. The number of carbonyl (C=O) groups excluding carboxylic acids is 1. The van der Waals surface area contributed by atoms with Gasteiger partial charge in [0.15, 0.2) is 0 Å². The second-order valence-electron chi connectivity index (χ2n) is 5.10. The number of rotatable bonds is 4. The van der Waals surface area contributed by atoms with Crippen LogP contribution in [-0.4, -0.2) is 37.6 Å². The lowest BCUT2D eigenvalue weighted by Crippen LogP contribution is -2.40. The smallest absolute Gasteiger partial charge is 0.253 e. The van der Waals surface area contributed by atoms with Gasteiger partial charge in [0.25, 0.3) is 5.91 Å². The number of methoxy groups -OCH3 is 1. The molecule has 1 aliphatic rings. The van der Waals surface area contributed by atoms with Crippen LogP contribution >= 0.6 is 0 Å². The van der Waals surface area contributed by atoms with E-state index < -0.39 is 0 Å². The van der Waals surface area contributed by atoms with Crippen LogP contribution in [0.4, 0.5) is 0 Å². The van der Waals surface area contributed by atoms with Gasteiger partial charge in [0.05, 0.1) is 6.61 Å². The summed E-state index contributed by atoms with van der Waals surface area (Å²) in [6.07, 6.45) is 2.03. The van der Waals surface area contributed by atoms with Crippen molar-refractivity contribution in [2.75, 3.05) is 26.7 Å². The Morgan fingerprint density at radius 1 is 1.42 bits per heavy atom. The van der Waals surface area contributed by atoms with Gasteiger partial charge in [-0.15, -0.1) is 0 Å². The molecule has 1 saturated heterocycles. The van der Waals surface area contributed by atoms with Crippen molar-refractivity contribution in [3.8, 4) is 0 Å². The Bertz CT molecular complexity index is 426. The van der Waals surface area contributed by atoms with Crippen LogP contribution in [0.1, 0.15) is 28.8 Å². The van der Waals surface area contributed by atoms with Crippen LogP contribution in [0.2, 0.25) is 0 Å². The number of hydrogen-bond acceptors (Lipinski definition) is 3. The van der Waals surface area contributed by atoms with Crippen molar-refractivity contribution in [3.05, 3.63) is 35.4 Å². The zero-order valence-corrected chi connectivity index (χ0v) is 11.5. The third-order valence-corrected chi connectivity index (χ3v) is 3.72. The molecule has 0 saturated carbocycles. The Hall–Kier alpha value is -1.39. The normalized spacial score (nSPS) is 16.6. The molecule has 1 amide bonds. The van der Waals surface area contributed by atoms with Crippen LogP contribution in [0, 0.1) is 5.92 Å². The molecule has 4 nitrogen and oxygen atoms in total. The lowest BCUT2D eigenvalue weighted by atomic mass is 9.96. The van der Waals surface area contributed by atoms with Gasteiger partial charge in [-0.2, -0.15) is 0 Å². The molecule has 1 fully saturated rings. The molecule has 1 aromatic carbocycles. The predicted molar refractivity (Wildman–Crippen MR) is 74.8 cm³/mol. The fourth-order valence-electron chi connectivity index (χ4n) is 2.52. The molecule has 0 aliphatic carbocycles. The van der Waals surface area contributed by atoms with Gasteiger partial charge in [-0.3, -0.25) is 4.79 Å². The van der Waals surface area contributed by atoms with Crippen molar-refractivity contribution < 1.29 is 9.53 Å². The van der Waals surface area contributed by atoms with Crippen LogP contribution in [0.3, 0.4) is 0 Å². The largest absolute Gasteiger partial charge is 0.380 e. The first-order valence-corrected chi connectivity index (χ1v) is 6.82. The minimum atomic E-state index is 0.119. The van der Waals surface area contributed by atoms with Gasteiger partial charge < -0.3 is 15.4 Å². The van der Waals surface area contributed by atoms with E-state index in [9.17, 15) is 4.79 Å². The van der Waals surface area contributed by atoms with E-state index in [0.717, 1.165) is 43.6 Å². The average molecular weight is 262 g/mol. The minimum Gasteiger partial charge on any atom is -0.380 e. The summed E-state index contributed by atoms with van der Waals surface area (Å²) in [6.45, 7) is 2.89. The number of amides is 1. The van der Waals surface area contributed by atoms with E-state index in [1.54, 1.807) is 7.11 Å². The maximum atomic E-state index is 12.4. The van der Waals surface area contributed by atoms with E-state index in [-0.39, 0.29) is 5.91 Å². The molecule has 1 heterocycles. The highest BCUT2D eigenvalue weighted by atomic mass is 16.5. The number of likely N-dealkylation sites (tertiary alicyclic amines) is 1. The molecular formula is C15H22N2O2. The fraction of sp³-hybridized carbons (Fsp3) is 0.533. The van der Waals surface area contributed by atoms with E-state index >= 15 is 0 Å². The molecule has 19 heavy (non-hydrogen) atoms. The van der Waals surface area contributed by atoms with E-state index in [1.165, 1.54) is 0 Å². The molecule has 0 spiro atoms. The Morgan fingerprint density at radius 3 is 2.79 bits per heavy atom. The molecular weight excluding hydrogens is 240 g/mol. The predicted octanol–water partition coefficient (Wildman–Crippen LogP) is 1.64. The maximum absolute atomic E-state index is 12.4. The quantitative estimate of drug-likeness (QED) is 0.897. The third-order valence-electron chi connectivity index (χ3n) is 3.72. The highest BCUT2D eigenvalue weighted by molar-refractivity contribution is 5.94. The van der Waals surface area contributed by atoms with Gasteiger partial charge in [0.1, 0.15) is 0 Å². The second kappa shape index (κ2) is 6.68. The summed E-state index contributed by atoms with van der Waals surface area (Å²) in [7, 11) is 1.66. The van der Waals surface area contributed by atoms with Gasteiger partial charge >= 0.3 is 0 Å². The summed E-state index contributed by atoms with van der Waals surface area (Å²) in [5, 5.41) is 0. The van der Waals surface area contributed by atoms with E-state index in [0.29, 0.717) is 12.5 Å². The lowest BCUT2D eigenvalue weighted by molar-refractivity contribution is 0.0693. The fourth-order valence-corrected chi connectivity index (χ4v) is 2.52. The van der Waals surface area contributed by atoms with Crippen molar-refractivity contribution in [1.29, 1.82) is 0 Å². The molecule has 104 valence electrons. The summed E-state index contributed by atoms with van der Waals surface area (Å²) in [4.78, 5) is 14.3. The highest BCUT2D eigenvalue weighted by Crippen LogP contribution is 2.18. The number of hydrogen-bond donors (Lipinski definition) is 1. The molecule has 2 rings (SSSR count). The van der Waals surface area contributed by atoms with Gasteiger partial charge in [-0.25, -0.2) is 0 Å². The number of nitrogens with two attached hydrogens (primary N) is 1. The summed E-state index contributed by atoms with van der Waals surface area (Å²) in [5.41, 5.74) is 7.46. The first-order valence-electron chi connectivity index (χ1n) is 6.82. The maximum Gasteiger partial charge on any atom is 0.253 e. The van der Waals surface area contributed by atoms with Gasteiger partial charge in [0, 0.05) is 25.8 Å². The van der Waals surface area contributed by atoms with Crippen molar-refractivity contribution >= 4 is 5.91 Å². The minimum absolute atomic E-state index is 0.119. The number of nitrogens with zero attached hydrogens (tertiary/aromatic N) is 1. The number of carbonyl (C=O) groups is 1. The van der Waals surface area contributed by atoms with E-state index in [4.69, 9.17) is 10.5 Å². The van der Waals surface area contributed by atoms with E-state index in [2.05, 4.69) is 0 Å². The summed E-state index contributed by atoms with van der Waals surface area (Å²) >= 11 is 0. The molecule has 0 aromatic heterocycles. The first kappa shape index (κ1) is 14.0. The number of benzene rings is 1. The lowest BCUT2D eigenvalue weighted by Gasteiger charge is -2.31. The van der Waals surface area contributed by atoms with Crippen molar-refractivity contribution in [2.24, 2.45) is 11.7 Å². The SMILES string of the molecule is COCc1cccc(C(=O)N2CCC(CN)CC2)c1. The average Bonchev–Trinajstić information content (AvgIpc) is 2.47. The molecule has 0 radical (unpaired) electrons. The molecule has 4 heteroatoms. The van der Waals surface area contributed by atoms with Crippen LogP contribution in [0.25, 0.3) is 0 Å². The van der Waals surface area contributed by atoms with Crippen molar-refractivity contribution in [3.63, 3.8) is 0 Å². The van der Waals surface area contributed by atoms with Crippen LogP contribution in [-0.2, 0) is 11.3 Å². The number of ether oxygens (including phenoxy) is 1. The van der Waals surface area contributed by atoms with Crippen molar-refractivity contribution in [1.82, 2.24) is 4.90 Å². The molecule has 2 N–H and O–H groups in total. The Morgan fingerprint density at radius 2 is 2.16 bits per heavy atom. The number of piperidine rings is 1. The molecule has 1 aromatic rings. The van der Waals surface area contributed by atoms with Gasteiger partial charge in [-0.05, 0) is 43.0 Å². The van der Waals surface area contributed by atoms with Gasteiger partial charge in [0.2, 0.25) is 0 Å². The standard InChI is InChI=1S/C15H22N2O2/c1-19-11-13-3-2-4-14(9-13)15(18)17-7-5-12(10-16)6-8-17/h2-4,9,12H,5-8,10-11,16H2,1H3. The highest BCUT2D eigenvalue weighted by Gasteiger charge is 2.22. The second-order valence-corrected chi connectivity index (χ2v) is 5.10. The Kier molecular flexibility index (Phi) is 4.93. The molecule has 1 aliphatic heterocycles. The summed E-state index contributed by atoms with van der Waals surface area (Å²) < 4.78 is 5.10. The third kappa shape index (κ3) is 3.55. The van der Waals surface area contributed by atoms with Crippen molar-refractivity contribution in [2.45, 2.75) is 19.4 Å². The van der Waals surface area contributed by atoms with Crippen LogP contribution in [0.5, 0.6) is 0 Å². The monoisotopic (exact) mass is 262 g/mol. The summed E-state index contributed by atoms with van der Waals surface area (Å²) in [6, 6.07) is 7.67. The summed E-state index contributed by atoms with van der Waals surface area (Å²) in [5.74, 6) is 0.692. The molecule has 0 unspecified atom stereocenters. The Labute approximate surface area is 114 Å². The van der Waals surface area contributed by atoms with Crippen LogP contribution < -0.4 is 5.73 Å².